The van der Waals surface area contributed by atoms with E-state index in [4.69, 9.17) is 11.6 Å². The normalized spacial score (nSPS) is 16.4. The fraction of sp³-hybridized carbons (Fsp3) is 0.238. The smallest absolute Gasteiger partial charge is 0.177 e. The van der Waals surface area contributed by atoms with Crippen molar-refractivity contribution < 1.29 is 8.42 Å². The molecule has 0 amide bonds. The first-order valence-corrected chi connectivity index (χ1v) is 11.8. The van der Waals surface area contributed by atoms with Crippen LogP contribution >= 0.6 is 11.6 Å². The molecule has 2 aromatic heterocycles. The zero-order chi connectivity index (χ0) is 21.1. The SMILES string of the molecule is CS(=O)(=O)c1ccccc1Nc1cc(Nc2cc(C3CCNC3)ccn2)ncc1Cl. The highest BCUT2D eigenvalue weighted by Crippen LogP contribution is 2.31. The Labute approximate surface area is 180 Å². The molecule has 156 valence electrons. The number of nitrogens with one attached hydrogen (secondary N) is 3. The summed E-state index contributed by atoms with van der Waals surface area (Å²) in [5.74, 6) is 1.72. The number of anilines is 4. The fourth-order valence-electron chi connectivity index (χ4n) is 3.48. The van der Waals surface area contributed by atoms with Crippen LogP contribution in [-0.2, 0) is 9.84 Å². The molecule has 1 saturated heterocycles. The molecule has 0 bridgehead atoms. The Bertz CT molecular complexity index is 1160. The van der Waals surface area contributed by atoms with Gasteiger partial charge in [0.15, 0.2) is 9.84 Å². The average molecular weight is 444 g/mol. The molecule has 1 fully saturated rings. The van der Waals surface area contributed by atoms with Gasteiger partial charge in [-0.05, 0) is 48.7 Å². The maximum atomic E-state index is 12.1. The van der Waals surface area contributed by atoms with Crippen molar-refractivity contribution >= 4 is 44.4 Å². The van der Waals surface area contributed by atoms with E-state index in [-0.39, 0.29) is 4.90 Å². The van der Waals surface area contributed by atoms with Crippen LogP contribution < -0.4 is 16.0 Å². The van der Waals surface area contributed by atoms with Crippen LogP contribution in [0.1, 0.15) is 17.9 Å². The van der Waals surface area contributed by atoms with E-state index in [0.717, 1.165) is 19.5 Å². The molecule has 30 heavy (non-hydrogen) atoms. The number of aromatic nitrogens is 2. The van der Waals surface area contributed by atoms with E-state index in [1.807, 2.05) is 12.1 Å². The van der Waals surface area contributed by atoms with E-state index in [9.17, 15) is 8.42 Å². The van der Waals surface area contributed by atoms with E-state index in [0.29, 0.717) is 34.0 Å². The van der Waals surface area contributed by atoms with Gasteiger partial charge in [-0.25, -0.2) is 18.4 Å². The largest absolute Gasteiger partial charge is 0.353 e. The molecule has 1 aliphatic heterocycles. The minimum atomic E-state index is -3.39. The number of pyridine rings is 2. The molecule has 0 saturated carbocycles. The van der Waals surface area contributed by atoms with Crippen molar-refractivity contribution in [2.75, 3.05) is 30.0 Å². The summed E-state index contributed by atoms with van der Waals surface area (Å²) in [7, 11) is -3.39. The summed E-state index contributed by atoms with van der Waals surface area (Å²) in [5, 5.41) is 10.1. The van der Waals surface area contributed by atoms with Crippen molar-refractivity contribution in [3.63, 3.8) is 0 Å². The maximum absolute atomic E-state index is 12.1. The van der Waals surface area contributed by atoms with Crippen LogP contribution in [0.3, 0.4) is 0 Å². The van der Waals surface area contributed by atoms with Crippen LogP contribution in [0.5, 0.6) is 0 Å². The fourth-order valence-corrected chi connectivity index (χ4v) is 4.48. The predicted molar refractivity (Wildman–Crippen MR) is 120 cm³/mol. The Morgan fingerprint density at radius 2 is 1.87 bits per heavy atom. The Hall–Kier alpha value is -2.68. The number of sulfone groups is 1. The van der Waals surface area contributed by atoms with Gasteiger partial charge in [0.05, 0.1) is 27.5 Å². The number of benzene rings is 1. The summed E-state index contributed by atoms with van der Waals surface area (Å²) in [4.78, 5) is 8.91. The third kappa shape index (κ3) is 4.72. The molecule has 3 N–H and O–H groups in total. The van der Waals surface area contributed by atoms with Gasteiger partial charge < -0.3 is 16.0 Å². The van der Waals surface area contributed by atoms with Crippen molar-refractivity contribution in [1.29, 1.82) is 0 Å². The number of hydrogen-bond donors (Lipinski definition) is 3. The lowest BCUT2D eigenvalue weighted by atomic mass is 10.00. The zero-order valence-corrected chi connectivity index (χ0v) is 18.0. The summed E-state index contributed by atoms with van der Waals surface area (Å²) in [6, 6.07) is 12.5. The molecule has 0 aliphatic carbocycles. The zero-order valence-electron chi connectivity index (χ0n) is 16.4. The summed E-state index contributed by atoms with van der Waals surface area (Å²) in [6.45, 7) is 1.99. The second-order valence-electron chi connectivity index (χ2n) is 7.23. The van der Waals surface area contributed by atoms with E-state index in [2.05, 4.69) is 25.9 Å². The van der Waals surface area contributed by atoms with E-state index < -0.39 is 9.84 Å². The lowest BCUT2D eigenvalue weighted by molar-refractivity contribution is 0.602. The van der Waals surface area contributed by atoms with Gasteiger partial charge in [-0.2, -0.15) is 0 Å². The Morgan fingerprint density at radius 1 is 1.07 bits per heavy atom. The Morgan fingerprint density at radius 3 is 2.63 bits per heavy atom. The van der Waals surface area contributed by atoms with E-state index >= 15 is 0 Å². The lowest BCUT2D eigenvalue weighted by Gasteiger charge is -2.14. The number of para-hydroxylation sites is 1. The van der Waals surface area contributed by atoms with Crippen LogP contribution in [-0.4, -0.2) is 37.7 Å². The number of halogens is 1. The van der Waals surface area contributed by atoms with Crippen LogP contribution in [0.15, 0.2) is 59.8 Å². The second kappa shape index (κ2) is 8.59. The Kier molecular flexibility index (Phi) is 5.90. The maximum Gasteiger partial charge on any atom is 0.177 e. The number of nitrogens with zero attached hydrogens (tertiary/aromatic N) is 2. The van der Waals surface area contributed by atoms with Crippen molar-refractivity contribution in [3.05, 3.63) is 65.4 Å². The van der Waals surface area contributed by atoms with Gasteiger partial charge in [-0.3, -0.25) is 0 Å². The monoisotopic (exact) mass is 443 g/mol. The minimum Gasteiger partial charge on any atom is -0.353 e. The van der Waals surface area contributed by atoms with Gasteiger partial charge in [0.25, 0.3) is 0 Å². The van der Waals surface area contributed by atoms with Crippen molar-refractivity contribution in [2.24, 2.45) is 0 Å². The van der Waals surface area contributed by atoms with Gasteiger partial charge >= 0.3 is 0 Å². The third-order valence-electron chi connectivity index (χ3n) is 4.98. The van der Waals surface area contributed by atoms with E-state index in [1.54, 1.807) is 36.5 Å². The van der Waals surface area contributed by atoms with Crippen LogP contribution in [0.2, 0.25) is 5.02 Å². The molecular weight excluding hydrogens is 422 g/mol. The van der Waals surface area contributed by atoms with E-state index in [1.165, 1.54) is 18.0 Å². The highest BCUT2D eigenvalue weighted by molar-refractivity contribution is 7.90. The number of rotatable bonds is 6. The summed E-state index contributed by atoms with van der Waals surface area (Å²) in [6.07, 6.45) is 5.58. The Balaban J connectivity index is 1.58. The molecule has 1 atom stereocenters. The molecule has 4 rings (SSSR count). The van der Waals surface area contributed by atoms with Crippen LogP contribution in [0.4, 0.5) is 23.0 Å². The van der Waals surface area contributed by atoms with Crippen molar-refractivity contribution in [2.45, 2.75) is 17.2 Å². The first-order valence-electron chi connectivity index (χ1n) is 9.55. The van der Waals surface area contributed by atoms with Gasteiger partial charge in [0.1, 0.15) is 11.6 Å². The summed E-state index contributed by atoms with van der Waals surface area (Å²) in [5.41, 5.74) is 2.22. The van der Waals surface area contributed by atoms with Crippen LogP contribution in [0, 0.1) is 0 Å². The third-order valence-corrected chi connectivity index (χ3v) is 6.44. The van der Waals surface area contributed by atoms with Gasteiger partial charge in [-0.15, -0.1) is 0 Å². The highest BCUT2D eigenvalue weighted by atomic mass is 35.5. The molecular formula is C21H22ClN5O2S. The molecule has 1 aliphatic rings. The van der Waals surface area contributed by atoms with Crippen LogP contribution in [0.25, 0.3) is 0 Å². The topological polar surface area (TPSA) is 96.0 Å². The first kappa shape index (κ1) is 20.6. The molecule has 1 unspecified atom stereocenters. The molecule has 0 spiro atoms. The van der Waals surface area contributed by atoms with Crippen molar-refractivity contribution in [1.82, 2.24) is 15.3 Å². The first-order chi connectivity index (χ1) is 14.4. The molecule has 7 nitrogen and oxygen atoms in total. The standard InChI is InChI=1S/C21H22ClN5O2S/c1-30(28,29)19-5-3-2-4-17(19)26-18-11-21(25-13-16(18)22)27-20-10-14(7-9-24-20)15-6-8-23-12-15/h2-5,7,9-11,13,15,23H,6,8,12H2,1H3,(H2,24,25,26,27). The van der Waals surface area contributed by atoms with Crippen molar-refractivity contribution in [3.8, 4) is 0 Å². The molecule has 0 radical (unpaired) electrons. The molecule has 3 heterocycles. The molecule has 9 heteroatoms. The highest BCUT2D eigenvalue weighted by Gasteiger charge is 2.17. The summed E-state index contributed by atoms with van der Waals surface area (Å²) >= 11 is 6.30. The number of hydrogen-bond acceptors (Lipinski definition) is 7. The lowest BCUT2D eigenvalue weighted by Crippen LogP contribution is -2.08. The van der Waals surface area contributed by atoms with Gasteiger partial charge in [0, 0.05) is 25.1 Å². The van der Waals surface area contributed by atoms with Gasteiger partial charge in [0.2, 0.25) is 0 Å². The molecule has 3 aromatic rings. The molecule has 1 aromatic carbocycles. The quantitative estimate of drug-likeness (QED) is 0.527. The second-order valence-corrected chi connectivity index (χ2v) is 9.62. The predicted octanol–water partition coefficient (Wildman–Crippen LogP) is 4.10. The average Bonchev–Trinajstić information content (AvgIpc) is 3.25. The minimum absolute atomic E-state index is 0.201. The summed E-state index contributed by atoms with van der Waals surface area (Å²) < 4.78 is 24.1. The van der Waals surface area contributed by atoms with Gasteiger partial charge in [-0.1, -0.05) is 23.7 Å².